The maximum Gasteiger partial charge on any atom is 0.0938 e. The molecule has 0 radical (unpaired) electrons. The van der Waals surface area contributed by atoms with Crippen LogP contribution >= 0.6 is 0 Å². The molecule has 1 atom stereocenters. The van der Waals surface area contributed by atoms with Crippen LogP contribution in [0, 0.1) is 11.8 Å². The van der Waals surface area contributed by atoms with Crippen LogP contribution in [0.5, 0.6) is 0 Å². The first kappa shape index (κ1) is 33.7. The van der Waals surface area contributed by atoms with E-state index in [-0.39, 0.29) is 18.3 Å². The average molecular weight is 514 g/mol. The van der Waals surface area contributed by atoms with E-state index >= 15 is 0 Å². The molecule has 0 bridgehead atoms. The highest BCUT2D eigenvalue weighted by atomic mass is 16.5. The molecule has 2 fully saturated rings. The van der Waals surface area contributed by atoms with Crippen LogP contribution in [0.4, 0.5) is 0 Å². The molecule has 7 heteroatoms. The van der Waals surface area contributed by atoms with Crippen molar-refractivity contribution < 1.29 is 9.47 Å². The van der Waals surface area contributed by atoms with Gasteiger partial charge in [-0.25, -0.2) is 0 Å². The largest absolute Gasteiger partial charge is 0.376 e. The highest BCUT2D eigenvalue weighted by Gasteiger charge is 2.20. The Hall–Kier alpha value is -0.280. The molecular formula is C29H63N5O2. The lowest BCUT2D eigenvalue weighted by Gasteiger charge is -2.35. The molecule has 0 aliphatic carbocycles. The van der Waals surface area contributed by atoms with E-state index in [1.807, 2.05) is 0 Å². The molecule has 2 heterocycles. The molecule has 36 heavy (non-hydrogen) atoms. The number of ether oxygens (including phenoxy) is 2. The maximum atomic E-state index is 5.95. The molecule has 2 saturated heterocycles. The first-order chi connectivity index (χ1) is 16.9. The van der Waals surface area contributed by atoms with Gasteiger partial charge in [0, 0.05) is 85.1 Å². The fourth-order valence-corrected chi connectivity index (χ4v) is 4.78. The Bertz CT molecular complexity index is 506. The van der Waals surface area contributed by atoms with Gasteiger partial charge in [0.15, 0.2) is 0 Å². The molecule has 1 unspecified atom stereocenters. The SMILES string of the molecule is CC(C)CN(CCN1CCN(C)CC1)CC(C)C.CC(C)OCC(CN1CCN(C)CC1)OC(C)C. The summed E-state index contributed by atoms with van der Waals surface area (Å²) >= 11 is 0. The molecular weight excluding hydrogens is 450 g/mol. The van der Waals surface area contributed by atoms with Crippen LogP contribution in [0.1, 0.15) is 55.4 Å². The molecule has 0 amide bonds. The second kappa shape index (κ2) is 18.9. The van der Waals surface area contributed by atoms with Crippen LogP contribution in [0.15, 0.2) is 0 Å². The van der Waals surface area contributed by atoms with Gasteiger partial charge in [0.05, 0.1) is 24.9 Å². The van der Waals surface area contributed by atoms with Gasteiger partial charge >= 0.3 is 0 Å². The normalized spacial score (nSPS) is 20.1. The molecule has 0 N–H and O–H groups in total. The smallest absolute Gasteiger partial charge is 0.0938 e. The number of likely N-dealkylation sites (N-methyl/N-ethyl adjacent to an activating group) is 2. The monoisotopic (exact) mass is 513 g/mol. The number of nitrogens with zero attached hydrogens (tertiary/aromatic N) is 5. The fraction of sp³-hybridized carbons (Fsp3) is 1.00. The zero-order valence-corrected chi connectivity index (χ0v) is 25.8. The summed E-state index contributed by atoms with van der Waals surface area (Å²) < 4.78 is 11.7. The van der Waals surface area contributed by atoms with E-state index in [2.05, 4.69) is 94.0 Å². The van der Waals surface area contributed by atoms with Crippen LogP contribution in [-0.4, -0.2) is 149 Å². The molecule has 0 saturated carbocycles. The van der Waals surface area contributed by atoms with Crippen molar-refractivity contribution in [2.45, 2.75) is 73.7 Å². The Morgan fingerprint density at radius 3 is 1.53 bits per heavy atom. The van der Waals surface area contributed by atoms with Crippen molar-refractivity contribution in [3.05, 3.63) is 0 Å². The third kappa shape index (κ3) is 17.3. The highest BCUT2D eigenvalue weighted by molar-refractivity contribution is 4.74. The van der Waals surface area contributed by atoms with Gasteiger partial charge in [0.1, 0.15) is 0 Å². The molecule has 2 aliphatic rings. The molecule has 0 aromatic carbocycles. The molecule has 0 aromatic heterocycles. The zero-order valence-electron chi connectivity index (χ0n) is 25.8. The third-order valence-corrected chi connectivity index (χ3v) is 6.71. The Morgan fingerprint density at radius 2 is 1.11 bits per heavy atom. The van der Waals surface area contributed by atoms with Gasteiger partial charge < -0.3 is 24.2 Å². The number of rotatable bonds is 14. The number of hydrogen-bond acceptors (Lipinski definition) is 7. The van der Waals surface area contributed by atoms with Crippen molar-refractivity contribution in [3.8, 4) is 0 Å². The minimum Gasteiger partial charge on any atom is -0.376 e. The zero-order chi connectivity index (χ0) is 27.1. The minimum absolute atomic E-state index is 0.191. The summed E-state index contributed by atoms with van der Waals surface area (Å²) in [6, 6.07) is 0. The van der Waals surface area contributed by atoms with Crippen molar-refractivity contribution in [2.75, 3.05) is 106 Å². The topological polar surface area (TPSA) is 34.7 Å². The van der Waals surface area contributed by atoms with Crippen LogP contribution in [-0.2, 0) is 9.47 Å². The van der Waals surface area contributed by atoms with E-state index in [0.717, 1.165) is 44.6 Å². The van der Waals surface area contributed by atoms with Crippen LogP contribution in [0.2, 0.25) is 0 Å². The summed E-state index contributed by atoms with van der Waals surface area (Å²) in [7, 11) is 4.41. The van der Waals surface area contributed by atoms with Crippen molar-refractivity contribution in [3.63, 3.8) is 0 Å². The average Bonchev–Trinajstić information content (AvgIpc) is 2.78. The summed E-state index contributed by atoms with van der Waals surface area (Å²) in [6.07, 6.45) is 0.727. The van der Waals surface area contributed by atoms with E-state index in [1.54, 1.807) is 0 Å². The minimum atomic E-state index is 0.191. The van der Waals surface area contributed by atoms with E-state index in [9.17, 15) is 0 Å². The van der Waals surface area contributed by atoms with E-state index < -0.39 is 0 Å². The van der Waals surface area contributed by atoms with Crippen LogP contribution in [0.25, 0.3) is 0 Å². The van der Waals surface area contributed by atoms with Gasteiger partial charge in [-0.15, -0.1) is 0 Å². The predicted molar refractivity (Wildman–Crippen MR) is 155 cm³/mol. The summed E-state index contributed by atoms with van der Waals surface area (Å²) in [5, 5.41) is 0. The van der Waals surface area contributed by atoms with E-state index in [0.29, 0.717) is 6.61 Å². The Kier molecular flexibility index (Phi) is 17.7. The molecule has 0 spiro atoms. The lowest BCUT2D eigenvalue weighted by atomic mass is 10.1. The van der Waals surface area contributed by atoms with E-state index in [4.69, 9.17) is 9.47 Å². The van der Waals surface area contributed by atoms with Gasteiger partial charge in [-0.1, -0.05) is 27.7 Å². The molecule has 7 nitrogen and oxygen atoms in total. The standard InChI is InChI=1S/C15H33N3.C14H30N2O2/c1-14(2)12-18(13-15(3)4)11-10-17-8-6-16(5)7-9-17;1-12(2)17-11-14(18-13(3)4)10-16-8-6-15(5)7-9-16/h14-15H,6-13H2,1-5H3;12-14H,6-11H2,1-5H3. The van der Waals surface area contributed by atoms with Gasteiger partial charge in [0.25, 0.3) is 0 Å². The lowest BCUT2D eigenvalue weighted by Crippen LogP contribution is -2.48. The maximum absolute atomic E-state index is 5.95. The van der Waals surface area contributed by atoms with Gasteiger partial charge in [-0.2, -0.15) is 0 Å². The van der Waals surface area contributed by atoms with Crippen LogP contribution < -0.4 is 0 Å². The predicted octanol–water partition coefficient (Wildman–Crippen LogP) is 3.30. The fourth-order valence-electron chi connectivity index (χ4n) is 4.78. The molecule has 216 valence electrons. The van der Waals surface area contributed by atoms with E-state index in [1.165, 1.54) is 52.4 Å². The van der Waals surface area contributed by atoms with Crippen LogP contribution in [0.3, 0.4) is 0 Å². The van der Waals surface area contributed by atoms with Crippen molar-refractivity contribution in [2.24, 2.45) is 11.8 Å². The quantitative estimate of drug-likeness (QED) is 0.353. The highest BCUT2D eigenvalue weighted by Crippen LogP contribution is 2.08. The molecule has 2 rings (SSSR count). The first-order valence-corrected chi connectivity index (χ1v) is 14.8. The summed E-state index contributed by atoms with van der Waals surface area (Å²) in [4.78, 5) is 12.5. The molecule has 0 aromatic rings. The third-order valence-electron chi connectivity index (χ3n) is 6.71. The Labute approximate surface area is 225 Å². The van der Waals surface area contributed by atoms with Crippen molar-refractivity contribution in [1.82, 2.24) is 24.5 Å². The van der Waals surface area contributed by atoms with Gasteiger partial charge in [-0.05, 0) is 53.6 Å². The van der Waals surface area contributed by atoms with Gasteiger partial charge in [0.2, 0.25) is 0 Å². The summed E-state index contributed by atoms with van der Waals surface area (Å²) in [5.41, 5.74) is 0. The van der Waals surface area contributed by atoms with Crippen molar-refractivity contribution >= 4 is 0 Å². The Morgan fingerprint density at radius 1 is 0.639 bits per heavy atom. The second-order valence-electron chi connectivity index (χ2n) is 12.5. The second-order valence-corrected chi connectivity index (χ2v) is 12.5. The number of piperazine rings is 2. The molecule has 2 aliphatic heterocycles. The summed E-state index contributed by atoms with van der Waals surface area (Å²) in [5.74, 6) is 1.55. The van der Waals surface area contributed by atoms with Crippen molar-refractivity contribution in [1.29, 1.82) is 0 Å². The Balaban J connectivity index is 0.000000360. The first-order valence-electron chi connectivity index (χ1n) is 14.8. The lowest BCUT2D eigenvalue weighted by molar-refractivity contribution is -0.0729. The van der Waals surface area contributed by atoms with Gasteiger partial charge in [-0.3, -0.25) is 9.80 Å². The number of hydrogen-bond donors (Lipinski definition) is 0. The summed E-state index contributed by atoms with van der Waals surface area (Å²) in [6.45, 7) is 33.8.